The highest BCUT2D eigenvalue weighted by Gasteiger charge is 2.16. The summed E-state index contributed by atoms with van der Waals surface area (Å²) in [5, 5.41) is 18.6. The molecule has 2 aromatic rings. The van der Waals surface area contributed by atoms with E-state index in [-0.39, 0.29) is 22.4 Å². The van der Waals surface area contributed by atoms with E-state index in [0.717, 1.165) is 11.3 Å². The SMILES string of the molecule is CCOC(=O)/C(C#N)=c1\s/c(=C\Nc2n[nH]c(C)n2)c(=O)n1CC. The second-order valence-electron chi connectivity index (χ2n) is 4.56. The predicted molar refractivity (Wildman–Crippen MR) is 88.4 cm³/mol. The van der Waals surface area contributed by atoms with Crippen molar-refractivity contribution in [1.29, 1.82) is 5.26 Å². The average molecular weight is 348 g/mol. The third-order valence-corrected chi connectivity index (χ3v) is 4.09. The number of H-pyrrole nitrogens is 1. The molecule has 0 unspecified atom stereocenters. The Morgan fingerprint density at radius 3 is 2.83 bits per heavy atom. The van der Waals surface area contributed by atoms with Gasteiger partial charge in [0.1, 0.15) is 21.1 Å². The molecule has 0 saturated carbocycles. The minimum absolute atomic E-state index is 0.149. The number of carbonyl (C=O) groups is 1. The van der Waals surface area contributed by atoms with Gasteiger partial charge in [-0.2, -0.15) is 10.2 Å². The first-order chi connectivity index (χ1) is 11.5. The lowest BCUT2D eigenvalue weighted by atomic mass is 10.3. The lowest BCUT2D eigenvalue weighted by Gasteiger charge is -2.00. The smallest absolute Gasteiger partial charge is 0.351 e. The number of aromatic nitrogens is 4. The van der Waals surface area contributed by atoms with Gasteiger partial charge in [0, 0.05) is 12.7 Å². The average Bonchev–Trinajstić information content (AvgIpc) is 3.10. The largest absolute Gasteiger partial charge is 0.462 e. The monoisotopic (exact) mass is 348 g/mol. The second kappa shape index (κ2) is 7.56. The highest BCUT2D eigenvalue weighted by atomic mass is 32.1. The Labute approximate surface area is 140 Å². The number of thiazole rings is 1. The van der Waals surface area contributed by atoms with Crippen LogP contribution in [0.15, 0.2) is 4.79 Å². The van der Waals surface area contributed by atoms with Crippen molar-refractivity contribution in [2.24, 2.45) is 0 Å². The third kappa shape index (κ3) is 3.52. The van der Waals surface area contributed by atoms with Gasteiger partial charge < -0.3 is 10.1 Å². The number of aromatic amines is 1. The van der Waals surface area contributed by atoms with Gasteiger partial charge in [-0.3, -0.25) is 14.5 Å². The molecule has 0 spiro atoms. The maximum Gasteiger partial charge on any atom is 0.351 e. The second-order valence-corrected chi connectivity index (χ2v) is 5.59. The van der Waals surface area contributed by atoms with E-state index in [4.69, 9.17) is 4.74 Å². The molecule has 0 saturated heterocycles. The number of nitriles is 1. The Hall–Kier alpha value is -2.93. The van der Waals surface area contributed by atoms with E-state index < -0.39 is 5.97 Å². The van der Waals surface area contributed by atoms with Gasteiger partial charge in [-0.25, -0.2) is 4.79 Å². The summed E-state index contributed by atoms with van der Waals surface area (Å²) in [6.45, 7) is 5.63. The predicted octanol–water partition coefficient (Wildman–Crippen LogP) is -0.556. The Bertz CT molecular complexity index is 962. The van der Waals surface area contributed by atoms with Gasteiger partial charge in [0.25, 0.3) is 5.56 Å². The molecule has 0 fully saturated rings. The van der Waals surface area contributed by atoms with Gasteiger partial charge in [0.05, 0.1) is 6.61 Å². The van der Waals surface area contributed by atoms with Gasteiger partial charge >= 0.3 is 5.97 Å². The van der Waals surface area contributed by atoms with Gasteiger partial charge in [-0.15, -0.1) is 16.4 Å². The number of nitrogens with zero attached hydrogens (tertiary/aromatic N) is 4. The van der Waals surface area contributed by atoms with Crippen molar-refractivity contribution >= 4 is 35.0 Å². The topological polar surface area (TPSA) is 126 Å². The molecular formula is C14H16N6O3S. The van der Waals surface area contributed by atoms with Crippen molar-refractivity contribution in [2.75, 3.05) is 11.9 Å². The first-order valence-electron chi connectivity index (χ1n) is 7.18. The highest BCUT2D eigenvalue weighted by molar-refractivity contribution is 7.07. The molecule has 2 heterocycles. The van der Waals surface area contributed by atoms with E-state index in [1.807, 2.05) is 6.07 Å². The molecule has 126 valence electrons. The molecule has 10 heteroatoms. The highest BCUT2D eigenvalue weighted by Crippen LogP contribution is 1.98. The fourth-order valence-corrected chi connectivity index (χ4v) is 2.99. The van der Waals surface area contributed by atoms with E-state index >= 15 is 0 Å². The molecule has 24 heavy (non-hydrogen) atoms. The summed E-state index contributed by atoms with van der Waals surface area (Å²) in [6.07, 6.45) is 1.45. The summed E-state index contributed by atoms with van der Waals surface area (Å²) in [6, 6.07) is 1.82. The van der Waals surface area contributed by atoms with Crippen molar-refractivity contribution in [2.45, 2.75) is 27.3 Å². The lowest BCUT2D eigenvalue weighted by Crippen LogP contribution is -2.32. The van der Waals surface area contributed by atoms with Gasteiger partial charge in [-0.1, -0.05) is 0 Å². The molecule has 0 aliphatic carbocycles. The summed E-state index contributed by atoms with van der Waals surface area (Å²) in [5.41, 5.74) is -0.497. The molecule has 9 nitrogen and oxygen atoms in total. The zero-order valence-electron chi connectivity index (χ0n) is 13.4. The number of ether oxygens (including phenoxy) is 1. The molecular weight excluding hydrogens is 332 g/mol. The van der Waals surface area contributed by atoms with Crippen molar-refractivity contribution in [3.63, 3.8) is 0 Å². The minimum Gasteiger partial charge on any atom is -0.462 e. The zero-order valence-corrected chi connectivity index (χ0v) is 14.2. The Morgan fingerprint density at radius 2 is 2.29 bits per heavy atom. The molecule has 0 atom stereocenters. The number of hydrogen-bond donors (Lipinski definition) is 2. The number of carbonyl (C=O) groups excluding carboxylic acids is 1. The van der Waals surface area contributed by atoms with Crippen LogP contribution in [0.2, 0.25) is 0 Å². The maximum absolute atomic E-state index is 12.4. The van der Waals surface area contributed by atoms with Crippen LogP contribution in [0.1, 0.15) is 19.7 Å². The Kier molecular flexibility index (Phi) is 5.49. The molecule has 2 rings (SSSR count). The van der Waals surface area contributed by atoms with Crippen molar-refractivity contribution < 1.29 is 9.53 Å². The first-order valence-corrected chi connectivity index (χ1v) is 8.00. The fourth-order valence-electron chi connectivity index (χ4n) is 1.91. The molecule has 0 aliphatic rings. The van der Waals surface area contributed by atoms with E-state index in [1.165, 1.54) is 10.8 Å². The minimum atomic E-state index is -0.743. The molecule has 0 radical (unpaired) electrons. The van der Waals surface area contributed by atoms with Crippen LogP contribution in [0.4, 0.5) is 5.95 Å². The summed E-state index contributed by atoms with van der Waals surface area (Å²) in [7, 11) is 0. The Morgan fingerprint density at radius 1 is 1.54 bits per heavy atom. The van der Waals surface area contributed by atoms with E-state index in [9.17, 15) is 14.9 Å². The van der Waals surface area contributed by atoms with Crippen LogP contribution in [0.3, 0.4) is 0 Å². The number of rotatable bonds is 5. The third-order valence-electron chi connectivity index (χ3n) is 2.96. The quantitative estimate of drug-likeness (QED) is 0.694. The summed E-state index contributed by atoms with van der Waals surface area (Å²) in [4.78, 5) is 28.4. The normalized spacial score (nSPS) is 12.7. The van der Waals surface area contributed by atoms with Crippen LogP contribution >= 0.6 is 11.3 Å². The zero-order chi connectivity index (χ0) is 17.7. The summed E-state index contributed by atoms with van der Waals surface area (Å²) >= 11 is 1.03. The number of nitrogens with one attached hydrogen (secondary N) is 2. The number of esters is 1. The van der Waals surface area contributed by atoms with Crippen LogP contribution in [-0.4, -0.2) is 32.3 Å². The van der Waals surface area contributed by atoms with Crippen LogP contribution in [0.5, 0.6) is 0 Å². The van der Waals surface area contributed by atoms with Crippen molar-refractivity contribution in [3.05, 3.63) is 25.4 Å². The van der Waals surface area contributed by atoms with Crippen LogP contribution in [-0.2, 0) is 16.1 Å². The van der Waals surface area contributed by atoms with Crippen molar-refractivity contribution in [1.82, 2.24) is 19.7 Å². The maximum atomic E-state index is 12.4. The van der Waals surface area contributed by atoms with Crippen LogP contribution < -0.4 is 20.1 Å². The standard InChI is InChI=1S/C14H16N6O3S/c1-4-20-11(21)10(7-16-14-17-8(3)18-19-14)24-12(20)9(6-15)13(22)23-5-2/h7H,4-5H2,1-3H3,(H2,16,17,18,19)/b10-7-,12-9-. The molecule has 0 amide bonds. The van der Waals surface area contributed by atoms with E-state index in [0.29, 0.717) is 22.8 Å². The molecule has 0 aromatic carbocycles. The van der Waals surface area contributed by atoms with Gasteiger partial charge in [0.2, 0.25) is 5.95 Å². The Balaban J connectivity index is 2.57. The fraction of sp³-hybridized carbons (Fsp3) is 0.357. The molecule has 0 aliphatic heterocycles. The summed E-state index contributed by atoms with van der Waals surface area (Å²) < 4.78 is 6.82. The molecule has 2 aromatic heterocycles. The van der Waals surface area contributed by atoms with Crippen LogP contribution in [0, 0.1) is 18.3 Å². The first kappa shape index (κ1) is 17.4. The number of hydrogen-bond acceptors (Lipinski definition) is 8. The van der Waals surface area contributed by atoms with Crippen LogP contribution in [0.25, 0.3) is 11.8 Å². The lowest BCUT2D eigenvalue weighted by molar-refractivity contribution is -0.136. The molecule has 0 bridgehead atoms. The number of aryl methyl sites for hydroxylation is 1. The van der Waals surface area contributed by atoms with Gasteiger partial charge in [-0.05, 0) is 20.8 Å². The molecule has 2 N–H and O–H groups in total. The van der Waals surface area contributed by atoms with Crippen molar-refractivity contribution in [3.8, 4) is 6.07 Å². The van der Waals surface area contributed by atoms with E-state index in [1.54, 1.807) is 20.8 Å². The van der Waals surface area contributed by atoms with Gasteiger partial charge in [0.15, 0.2) is 5.57 Å². The number of anilines is 1. The summed E-state index contributed by atoms with van der Waals surface area (Å²) in [5.74, 6) is 0.207. The van der Waals surface area contributed by atoms with E-state index in [2.05, 4.69) is 20.5 Å².